The van der Waals surface area contributed by atoms with Gasteiger partial charge in [-0.15, -0.1) is 36.2 Å². The minimum Gasteiger partial charge on any atom is -0.337 e. The second kappa shape index (κ2) is 10.8. The summed E-state index contributed by atoms with van der Waals surface area (Å²) in [6.07, 6.45) is 2.03. The van der Waals surface area contributed by atoms with Gasteiger partial charge in [0.2, 0.25) is 0 Å². The maximum absolute atomic E-state index is 13.9. The van der Waals surface area contributed by atoms with E-state index in [0.29, 0.717) is 22.2 Å². The first-order valence-electron chi connectivity index (χ1n) is 8.39. The molecule has 1 aliphatic rings. The zero-order valence-corrected chi connectivity index (χ0v) is 17.1. The number of likely N-dealkylation sites (tertiary alicyclic amines) is 1. The van der Waals surface area contributed by atoms with Gasteiger partial charge in [0.05, 0.1) is 0 Å². The summed E-state index contributed by atoms with van der Waals surface area (Å²) in [6, 6.07) is 6.52. The summed E-state index contributed by atoms with van der Waals surface area (Å²) in [7, 11) is 0. The number of piperidine rings is 1. The number of benzene rings is 1. The molecule has 0 unspecified atom stereocenters. The van der Waals surface area contributed by atoms with Crippen molar-refractivity contribution in [1.82, 2.24) is 15.2 Å². The van der Waals surface area contributed by atoms with Crippen LogP contribution in [-0.2, 0) is 0 Å². The lowest BCUT2D eigenvalue weighted by Gasteiger charge is -2.31. The molecule has 2 aromatic rings. The van der Waals surface area contributed by atoms with Crippen molar-refractivity contribution in [2.45, 2.75) is 19.8 Å². The Bertz CT molecular complexity index is 705. The van der Waals surface area contributed by atoms with Crippen molar-refractivity contribution in [2.24, 2.45) is 5.92 Å². The van der Waals surface area contributed by atoms with Crippen molar-refractivity contribution in [2.75, 3.05) is 26.2 Å². The van der Waals surface area contributed by atoms with E-state index in [9.17, 15) is 9.18 Å². The van der Waals surface area contributed by atoms with Crippen LogP contribution in [0.15, 0.2) is 29.6 Å². The van der Waals surface area contributed by atoms with E-state index in [2.05, 4.69) is 17.2 Å². The summed E-state index contributed by atoms with van der Waals surface area (Å²) >= 11 is 1.31. The van der Waals surface area contributed by atoms with Crippen molar-refractivity contribution in [1.29, 1.82) is 0 Å². The maximum Gasteiger partial charge on any atom is 0.273 e. The summed E-state index contributed by atoms with van der Waals surface area (Å²) in [5.41, 5.74) is 0.870. The molecular weight excluding hydrogens is 396 g/mol. The van der Waals surface area contributed by atoms with Crippen LogP contribution in [-0.4, -0.2) is 42.0 Å². The Labute approximate surface area is 170 Å². The number of halogens is 3. The van der Waals surface area contributed by atoms with E-state index in [0.717, 1.165) is 39.0 Å². The summed E-state index contributed by atoms with van der Waals surface area (Å²) < 4.78 is 13.9. The maximum atomic E-state index is 13.9. The predicted molar refractivity (Wildman–Crippen MR) is 109 cm³/mol. The van der Waals surface area contributed by atoms with Crippen LogP contribution >= 0.6 is 36.2 Å². The smallest absolute Gasteiger partial charge is 0.273 e. The van der Waals surface area contributed by atoms with E-state index in [1.807, 2.05) is 4.90 Å². The second-order valence-electron chi connectivity index (χ2n) is 6.06. The fourth-order valence-electron chi connectivity index (χ4n) is 2.98. The molecule has 1 aromatic carbocycles. The molecule has 0 aliphatic carbocycles. The van der Waals surface area contributed by atoms with Gasteiger partial charge in [0.15, 0.2) is 0 Å². The van der Waals surface area contributed by atoms with Gasteiger partial charge >= 0.3 is 0 Å². The third-order valence-electron chi connectivity index (χ3n) is 4.41. The zero-order chi connectivity index (χ0) is 16.9. The Hall–Kier alpha value is -1.21. The molecule has 3 rings (SSSR count). The molecule has 1 amide bonds. The normalized spacial score (nSPS) is 14.5. The van der Waals surface area contributed by atoms with Crippen LogP contribution in [0.1, 0.15) is 30.3 Å². The molecule has 144 valence electrons. The fourth-order valence-corrected chi connectivity index (χ4v) is 3.80. The van der Waals surface area contributed by atoms with Crippen LogP contribution in [0.25, 0.3) is 10.6 Å². The van der Waals surface area contributed by atoms with E-state index in [4.69, 9.17) is 0 Å². The molecule has 8 heteroatoms. The summed E-state index contributed by atoms with van der Waals surface area (Å²) in [4.78, 5) is 18.8. The van der Waals surface area contributed by atoms with Gasteiger partial charge in [-0.1, -0.05) is 19.1 Å². The van der Waals surface area contributed by atoms with Gasteiger partial charge in [-0.2, -0.15) is 0 Å². The number of aromatic nitrogens is 1. The van der Waals surface area contributed by atoms with Crippen LogP contribution in [0.2, 0.25) is 0 Å². The van der Waals surface area contributed by atoms with Gasteiger partial charge < -0.3 is 10.2 Å². The molecule has 0 atom stereocenters. The number of amides is 1. The standard InChI is InChI=1S/C18H22FN3OS.2ClH/c1-2-20-11-13-7-9-22(10-8-13)18(23)16-12-24-17(21-16)14-5-3-4-6-15(14)19;;/h3-6,12-13,20H,2,7-11H2,1H3;2*1H. The SMILES string of the molecule is CCNCC1CCN(C(=O)c2csc(-c3ccccc3F)n2)CC1.Cl.Cl. The highest BCUT2D eigenvalue weighted by atomic mass is 35.5. The van der Waals surface area contributed by atoms with E-state index in [1.165, 1.54) is 17.4 Å². The highest BCUT2D eigenvalue weighted by Gasteiger charge is 2.25. The molecule has 26 heavy (non-hydrogen) atoms. The van der Waals surface area contributed by atoms with Crippen LogP contribution in [0.3, 0.4) is 0 Å². The Morgan fingerprint density at radius 1 is 1.31 bits per heavy atom. The number of rotatable bonds is 5. The highest BCUT2D eigenvalue weighted by Crippen LogP contribution is 2.27. The van der Waals surface area contributed by atoms with E-state index >= 15 is 0 Å². The summed E-state index contributed by atoms with van der Waals surface area (Å²) in [6.45, 7) is 5.64. The molecule has 1 N–H and O–H groups in total. The monoisotopic (exact) mass is 419 g/mol. The van der Waals surface area contributed by atoms with Gasteiger partial charge in [0, 0.05) is 24.0 Å². The van der Waals surface area contributed by atoms with Crippen LogP contribution in [0, 0.1) is 11.7 Å². The minimum absolute atomic E-state index is 0. The van der Waals surface area contributed by atoms with Gasteiger partial charge in [-0.3, -0.25) is 4.79 Å². The van der Waals surface area contributed by atoms with Crippen molar-refractivity contribution in [3.63, 3.8) is 0 Å². The van der Waals surface area contributed by atoms with E-state index < -0.39 is 0 Å². The number of nitrogens with one attached hydrogen (secondary N) is 1. The molecule has 1 saturated heterocycles. The molecule has 2 heterocycles. The quantitative estimate of drug-likeness (QED) is 0.787. The van der Waals surface area contributed by atoms with Crippen molar-refractivity contribution in [3.8, 4) is 10.6 Å². The molecule has 1 aromatic heterocycles. The number of hydrogen-bond acceptors (Lipinski definition) is 4. The number of thiazole rings is 1. The van der Waals surface area contributed by atoms with Gasteiger partial charge in [0.1, 0.15) is 16.5 Å². The largest absolute Gasteiger partial charge is 0.337 e. The first-order valence-corrected chi connectivity index (χ1v) is 9.27. The molecular formula is C18H24Cl2FN3OS. The molecule has 0 bridgehead atoms. The lowest BCUT2D eigenvalue weighted by atomic mass is 9.96. The summed E-state index contributed by atoms with van der Waals surface area (Å²) in [5.74, 6) is 0.282. The number of hydrogen-bond donors (Lipinski definition) is 1. The average molecular weight is 420 g/mol. The number of nitrogens with zero attached hydrogens (tertiary/aromatic N) is 2. The van der Waals surface area contributed by atoms with E-state index in [1.54, 1.807) is 23.6 Å². The second-order valence-corrected chi connectivity index (χ2v) is 6.92. The lowest BCUT2D eigenvalue weighted by molar-refractivity contribution is 0.0685. The molecule has 4 nitrogen and oxygen atoms in total. The lowest BCUT2D eigenvalue weighted by Crippen LogP contribution is -2.40. The van der Waals surface area contributed by atoms with Crippen molar-refractivity contribution < 1.29 is 9.18 Å². The highest BCUT2D eigenvalue weighted by molar-refractivity contribution is 7.13. The molecule has 1 fully saturated rings. The third kappa shape index (κ3) is 5.39. The molecule has 0 saturated carbocycles. The Kier molecular flexibility index (Phi) is 9.50. The Morgan fingerprint density at radius 2 is 2.00 bits per heavy atom. The zero-order valence-electron chi connectivity index (χ0n) is 14.6. The molecule has 0 spiro atoms. The number of carbonyl (C=O) groups excluding carboxylic acids is 1. The van der Waals surface area contributed by atoms with Crippen LogP contribution in [0.4, 0.5) is 4.39 Å². The van der Waals surface area contributed by atoms with E-state index in [-0.39, 0.29) is 36.5 Å². The predicted octanol–water partition coefficient (Wildman–Crippen LogP) is 4.25. The third-order valence-corrected chi connectivity index (χ3v) is 5.29. The van der Waals surface area contributed by atoms with Gasteiger partial charge in [-0.05, 0) is 44.0 Å². The molecule has 1 aliphatic heterocycles. The molecule has 0 radical (unpaired) electrons. The first kappa shape index (κ1) is 22.8. The first-order chi connectivity index (χ1) is 11.7. The number of carbonyl (C=O) groups is 1. The Balaban J connectivity index is 0.00000169. The van der Waals surface area contributed by atoms with Crippen LogP contribution in [0.5, 0.6) is 0 Å². The van der Waals surface area contributed by atoms with Crippen LogP contribution < -0.4 is 5.32 Å². The topological polar surface area (TPSA) is 45.2 Å². The minimum atomic E-state index is -0.310. The van der Waals surface area contributed by atoms with Crippen molar-refractivity contribution in [3.05, 3.63) is 41.2 Å². The fraction of sp³-hybridized carbons (Fsp3) is 0.444. The van der Waals surface area contributed by atoms with Crippen molar-refractivity contribution >= 4 is 42.1 Å². The average Bonchev–Trinajstić information content (AvgIpc) is 3.10. The Morgan fingerprint density at radius 3 is 2.65 bits per heavy atom. The van der Waals surface area contributed by atoms with Gasteiger partial charge in [-0.25, -0.2) is 9.37 Å². The summed E-state index contributed by atoms with van der Waals surface area (Å²) in [5, 5.41) is 5.66. The van der Waals surface area contributed by atoms with Gasteiger partial charge in [0.25, 0.3) is 5.91 Å².